The van der Waals surface area contributed by atoms with Crippen molar-refractivity contribution in [3.8, 4) is 6.07 Å². The molecule has 0 saturated carbocycles. The quantitative estimate of drug-likeness (QED) is 0.340. The first kappa shape index (κ1) is 26.6. The number of halogens is 3. The van der Waals surface area contributed by atoms with Gasteiger partial charge < -0.3 is 20.4 Å². The molecular formula is C27H21F3N4O3S. The first-order valence-corrected chi connectivity index (χ1v) is 12.3. The van der Waals surface area contributed by atoms with Gasteiger partial charge in [-0.05, 0) is 49.4 Å². The average Bonchev–Trinajstić information content (AvgIpc) is 3.42. The van der Waals surface area contributed by atoms with Gasteiger partial charge in [0.05, 0.1) is 45.7 Å². The Morgan fingerprint density at radius 2 is 1.79 bits per heavy atom. The van der Waals surface area contributed by atoms with Crippen molar-refractivity contribution in [3.05, 3.63) is 106 Å². The Labute approximate surface area is 220 Å². The number of amides is 2. The molecule has 0 radical (unpaired) electrons. The Hall–Kier alpha value is -4.43. The highest BCUT2D eigenvalue weighted by Gasteiger charge is 2.36. The number of hydrogen-bond acceptors (Lipinski definition) is 6. The van der Waals surface area contributed by atoms with Crippen molar-refractivity contribution in [2.24, 2.45) is 0 Å². The Morgan fingerprint density at radius 3 is 2.45 bits per heavy atom. The number of nitriles is 1. The molecule has 194 valence electrons. The maximum atomic E-state index is 13.3. The summed E-state index contributed by atoms with van der Waals surface area (Å²) in [5.74, 6) is -1.67. The summed E-state index contributed by atoms with van der Waals surface area (Å²) in [6.45, 7) is 1.67. The SMILES string of the molecule is CC1=C(C(=O)Nc2ccccc2)[C@@H](c2ccco2)C(C#N)=C(SCC(=O)Nc2cccc(C(F)(F)F)c2)N1. The summed E-state index contributed by atoms with van der Waals surface area (Å²) in [5.41, 5.74) is 0.596. The minimum absolute atomic E-state index is 0.000854. The number of dihydropyridines is 1. The molecule has 0 fully saturated rings. The molecule has 2 heterocycles. The predicted octanol–water partition coefficient (Wildman–Crippen LogP) is 6.00. The van der Waals surface area contributed by atoms with Gasteiger partial charge in [0.2, 0.25) is 5.91 Å². The van der Waals surface area contributed by atoms with Gasteiger partial charge in [-0.25, -0.2) is 0 Å². The van der Waals surface area contributed by atoms with E-state index in [0.717, 1.165) is 23.9 Å². The van der Waals surface area contributed by atoms with Crippen LogP contribution in [0.2, 0.25) is 0 Å². The molecule has 0 saturated heterocycles. The molecule has 0 bridgehead atoms. The van der Waals surface area contributed by atoms with Crippen LogP contribution >= 0.6 is 11.8 Å². The lowest BCUT2D eigenvalue weighted by molar-refractivity contribution is -0.137. The third kappa shape index (κ3) is 6.10. The highest BCUT2D eigenvalue weighted by atomic mass is 32.2. The number of thioether (sulfide) groups is 1. The van der Waals surface area contributed by atoms with E-state index >= 15 is 0 Å². The van der Waals surface area contributed by atoms with Gasteiger partial charge in [0.25, 0.3) is 5.91 Å². The summed E-state index contributed by atoms with van der Waals surface area (Å²) < 4.78 is 44.5. The summed E-state index contributed by atoms with van der Waals surface area (Å²) >= 11 is 0.994. The second-order valence-electron chi connectivity index (χ2n) is 8.20. The van der Waals surface area contributed by atoms with Crippen molar-refractivity contribution < 1.29 is 27.2 Å². The van der Waals surface area contributed by atoms with Gasteiger partial charge >= 0.3 is 6.18 Å². The van der Waals surface area contributed by atoms with Gasteiger partial charge in [0, 0.05) is 17.1 Å². The third-order valence-corrected chi connectivity index (χ3v) is 6.59. The average molecular weight is 539 g/mol. The molecule has 0 unspecified atom stereocenters. The highest BCUT2D eigenvalue weighted by molar-refractivity contribution is 8.03. The number of nitrogens with one attached hydrogen (secondary N) is 3. The van der Waals surface area contributed by atoms with E-state index in [0.29, 0.717) is 22.2 Å². The Balaban J connectivity index is 1.55. The first-order valence-electron chi connectivity index (χ1n) is 11.3. The van der Waals surface area contributed by atoms with E-state index in [1.807, 2.05) is 6.07 Å². The van der Waals surface area contributed by atoms with Crippen LogP contribution in [0.4, 0.5) is 24.5 Å². The van der Waals surface area contributed by atoms with Crippen molar-refractivity contribution in [1.82, 2.24) is 5.32 Å². The van der Waals surface area contributed by atoms with Gasteiger partial charge in [-0.15, -0.1) is 0 Å². The molecular weight excluding hydrogens is 517 g/mol. The number of furan rings is 1. The molecule has 3 aromatic rings. The number of allylic oxidation sites excluding steroid dienone is 2. The number of alkyl halides is 3. The van der Waals surface area contributed by atoms with E-state index in [9.17, 15) is 28.0 Å². The standard InChI is InChI=1S/C27H21F3N4O3S/c1-16-23(25(36)34-18-8-3-2-4-9-18)24(21-11-6-12-37-21)20(14-31)26(32-16)38-15-22(35)33-19-10-5-7-17(13-19)27(28,29)30/h2-13,24,32H,15H2,1H3,(H,33,35)(H,34,36)/t24-/m1/s1. The zero-order valence-corrected chi connectivity index (χ0v) is 20.7. The summed E-state index contributed by atoms with van der Waals surface area (Å²) in [4.78, 5) is 25.8. The van der Waals surface area contributed by atoms with E-state index in [1.54, 1.807) is 43.3 Å². The van der Waals surface area contributed by atoms with Gasteiger partial charge in [0.15, 0.2) is 0 Å². The normalized spacial score (nSPS) is 15.5. The van der Waals surface area contributed by atoms with Gasteiger partial charge in [-0.2, -0.15) is 18.4 Å². The van der Waals surface area contributed by atoms with E-state index in [2.05, 4.69) is 22.0 Å². The van der Waals surface area contributed by atoms with Gasteiger partial charge in [-0.3, -0.25) is 9.59 Å². The van der Waals surface area contributed by atoms with Crippen LogP contribution in [0.25, 0.3) is 0 Å². The smallest absolute Gasteiger partial charge is 0.416 e. The molecule has 0 aliphatic carbocycles. The molecule has 1 atom stereocenters. The van der Waals surface area contributed by atoms with Crippen molar-refractivity contribution in [3.63, 3.8) is 0 Å². The third-order valence-electron chi connectivity index (χ3n) is 5.57. The number of benzene rings is 2. The van der Waals surface area contributed by atoms with E-state index in [4.69, 9.17) is 4.42 Å². The molecule has 11 heteroatoms. The van der Waals surface area contributed by atoms with Crippen molar-refractivity contribution in [1.29, 1.82) is 5.26 Å². The molecule has 4 rings (SSSR count). The highest BCUT2D eigenvalue weighted by Crippen LogP contribution is 2.41. The van der Waals surface area contributed by atoms with Crippen LogP contribution in [0, 0.1) is 11.3 Å². The maximum Gasteiger partial charge on any atom is 0.416 e. The molecule has 2 aromatic carbocycles. The monoisotopic (exact) mass is 538 g/mol. The van der Waals surface area contributed by atoms with E-state index < -0.39 is 29.5 Å². The van der Waals surface area contributed by atoms with E-state index in [1.165, 1.54) is 18.4 Å². The number of nitrogens with zero attached hydrogens (tertiary/aromatic N) is 1. The van der Waals surface area contributed by atoms with Crippen LogP contribution in [-0.4, -0.2) is 17.6 Å². The Kier molecular flexibility index (Phi) is 7.93. The Bertz CT molecular complexity index is 1440. The molecule has 3 N–H and O–H groups in total. The van der Waals surface area contributed by atoms with Gasteiger partial charge in [0.1, 0.15) is 5.76 Å². The van der Waals surface area contributed by atoms with Crippen LogP contribution in [0.1, 0.15) is 24.2 Å². The van der Waals surface area contributed by atoms with Crippen LogP contribution in [-0.2, 0) is 15.8 Å². The summed E-state index contributed by atoms with van der Waals surface area (Å²) in [5, 5.41) is 18.7. The number of carbonyl (C=O) groups excluding carboxylic acids is 2. The van der Waals surface area contributed by atoms with Crippen LogP contribution in [0.5, 0.6) is 0 Å². The largest absolute Gasteiger partial charge is 0.468 e. The second-order valence-corrected chi connectivity index (χ2v) is 9.19. The molecule has 1 aliphatic rings. The van der Waals surface area contributed by atoms with Crippen molar-refractivity contribution >= 4 is 35.0 Å². The number of rotatable bonds is 7. The molecule has 1 aliphatic heterocycles. The minimum Gasteiger partial charge on any atom is -0.468 e. The molecule has 1 aromatic heterocycles. The number of carbonyl (C=O) groups is 2. The fourth-order valence-corrected chi connectivity index (χ4v) is 4.79. The first-order chi connectivity index (χ1) is 18.2. The lowest BCUT2D eigenvalue weighted by Crippen LogP contribution is -2.31. The molecule has 7 nitrogen and oxygen atoms in total. The van der Waals surface area contributed by atoms with Crippen molar-refractivity contribution in [2.75, 3.05) is 16.4 Å². The number of hydrogen-bond donors (Lipinski definition) is 3. The van der Waals surface area contributed by atoms with Crippen LogP contribution in [0.3, 0.4) is 0 Å². The molecule has 38 heavy (non-hydrogen) atoms. The van der Waals surface area contributed by atoms with Crippen molar-refractivity contribution in [2.45, 2.75) is 19.0 Å². The lowest BCUT2D eigenvalue weighted by Gasteiger charge is -2.28. The summed E-state index contributed by atoms with van der Waals surface area (Å²) in [6.07, 6.45) is -3.10. The summed E-state index contributed by atoms with van der Waals surface area (Å²) in [6, 6.07) is 18.6. The topological polar surface area (TPSA) is 107 Å². The van der Waals surface area contributed by atoms with Crippen LogP contribution < -0.4 is 16.0 Å². The zero-order chi connectivity index (χ0) is 27.3. The molecule has 0 spiro atoms. The number of anilines is 2. The van der Waals surface area contributed by atoms with Gasteiger partial charge in [-0.1, -0.05) is 36.0 Å². The maximum absolute atomic E-state index is 13.3. The predicted molar refractivity (Wildman–Crippen MR) is 138 cm³/mol. The van der Waals surface area contributed by atoms with Crippen LogP contribution in [0.15, 0.2) is 99.3 Å². The minimum atomic E-state index is -4.54. The summed E-state index contributed by atoms with van der Waals surface area (Å²) in [7, 11) is 0. The second kappa shape index (κ2) is 11.3. The number of para-hydroxylation sites is 1. The fourth-order valence-electron chi connectivity index (χ4n) is 3.90. The molecule has 2 amide bonds. The lowest BCUT2D eigenvalue weighted by atomic mass is 9.85. The zero-order valence-electron chi connectivity index (χ0n) is 19.9. The fraction of sp³-hybridized carbons (Fsp3) is 0.148. The van der Waals surface area contributed by atoms with E-state index in [-0.39, 0.29) is 22.6 Å². The Morgan fingerprint density at radius 1 is 1.05 bits per heavy atom.